The van der Waals surface area contributed by atoms with Crippen LogP contribution >= 0.6 is 0 Å². The standard InChI is InChI=1S/C63H44N4O/c1-62(2)50-24-11-8-18-41(50)43-31-28-39(36-52(43)62)59-64-60(66-61(65-59)47-23-14-21-45-42-19-9-12-25-51(42)63(3,4)58(45)47)46-22-15-27-56-57(46)49-35-38(30-33-55(49)68-56)37-29-32-54-48(34-37)44-20-10-13-26-53(44)67(54)40-16-6-5-7-17-40/h5-36H,1-4H3. The number of rotatable bonds is 5. The fourth-order valence-corrected chi connectivity index (χ4v) is 11.8. The third kappa shape index (κ3) is 5.47. The average Bonchev–Trinajstić information content (AvgIpc) is 4.07. The first kappa shape index (κ1) is 38.8. The third-order valence-electron chi connectivity index (χ3n) is 15.1. The fraction of sp³-hybridized carbons (Fsp3) is 0.0952. The minimum absolute atomic E-state index is 0.181. The van der Waals surface area contributed by atoms with Crippen LogP contribution in [-0.2, 0) is 10.8 Å². The molecule has 0 saturated carbocycles. The maximum atomic E-state index is 6.67. The number of nitrogens with zero attached hydrogens (tertiary/aromatic N) is 4. The fourth-order valence-electron chi connectivity index (χ4n) is 11.8. The van der Waals surface area contributed by atoms with E-state index in [0.29, 0.717) is 17.5 Å². The lowest BCUT2D eigenvalue weighted by molar-refractivity contribution is 0.660. The van der Waals surface area contributed by atoms with Crippen molar-refractivity contribution in [3.63, 3.8) is 0 Å². The number of hydrogen-bond donors (Lipinski definition) is 0. The minimum atomic E-state index is -0.268. The van der Waals surface area contributed by atoms with Crippen LogP contribution in [0.15, 0.2) is 199 Å². The van der Waals surface area contributed by atoms with Gasteiger partial charge in [-0.05, 0) is 110 Å². The quantitative estimate of drug-likeness (QED) is 0.173. The lowest BCUT2D eigenvalue weighted by Crippen LogP contribution is -2.17. The Morgan fingerprint density at radius 1 is 0.368 bits per heavy atom. The summed E-state index contributed by atoms with van der Waals surface area (Å²) in [5, 5.41) is 4.42. The van der Waals surface area contributed by atoms with Crippen LogP contribution in [0.1, 0.15) is 49.9 Å². The van der Waals surface area contributed by atoms with Crippen LogP contribution < -0.4 is 0 Å². The van der Waals surface area contributed by atoms with Gasteiger partial charge in [-0.3, -0.25) is 0 Å². The molecule has 14 rings (SSSR count). The second kappa shape index (κ2) is 14.1. The van der Waals surface area contributed by atoms with Gasteiger partial charge in [-0.15, -0.1) is 0 Å². The molecule has 0 amide bonds. The van der Waals surface area contributed by atoms with E-state index in [1.807, 2.05) is 0 Å². The Morgan fingerprint density at radius 3 is 1.76 bits per heavy atom. The molecule has 0 spiro atoms. The van der Waals surface area contributed by atoms with E-state index in [0.717, 1.165) is 55.4 Å². The molecule has 12 aromatic rings. The summed E-state index contributed by atoms with van der Waals surface area (Å²) in [6.45, 7) is 9.27. The normalized spacial score (nSPS) is 14.1. The molecule has 0 unspecified atom stereocenters. The summed E-state index contributed by atoms with van der Waals surface area (Å²) in [6.07, 6.45) is 0. The van der Waals surface area contributed by atoms with E-state index in [1.54, 1.807) is 0 Å². The highest BCUT2D eigenvalue weighted by Gasteiger charge is 2.39. The summed E-state index contributed by atoms with van der Waals surface area (Å²) >= 11 is 0. The van der Waals surface area contributed by atoms with E-state index < -0.39 is 0 Å². The van der Waals surface area contributed by atoms with E-state index in [4.69, 9.17) is 19.4 Å². The molecule has 68 heavy (non-hydrogen) atoms. The number of furan rings is 1. The molecule has 0 bridgehead atoms. The minimum Gasteiger partial charge on any atom is -0.456 e. The molecule has 2 aliphatic rings. The van der Waals surface area contributed by atoms with Crippen molar-refractivity contribution < 1.29 is 4.42 Å². The highest BCUT2D eigenvalue weighted by Crippen LogP contribution is 2.53. The number of fused-ring (bicyclic) bond motifs is 12. The molecule has 9 aromatic carbocycles. The van der Waals surface area contributed by atoms with Crippen molar-refractivity contribution in [1.82, 2.24) is 19.5 Å². The molecular formula is C63H44N4O. The predicted octanol–water partition coefficient (Wildman–Crippen LogP) is 16.1. The smallest absolute Gasteiger partial charge is 0.164 e. The Kier molecular flexibility index (Phi) is 8.02. The van der Waals surface area contributed by atoms with Crippen molar-refractivity contribution in [3.8, 4) is 73.2 Å². The molecular weight excluding hydrogens is 829 g/mol. The zero-order valence-electron chi connectivity index (χ0n) is 38.2. The second-order valence-corrected chi connectivity index (χ2v) is 19.5. The van der Waals surface area contributed by atoms with Crippen LogP contribution in [0.3, 0.4) is 0 Å². The van der Waals surface area contributed by atoms with Gasteiger partial charge in [0.25, 0.3) is 0 Å². The molecule has 5 heteroatoms. The topological polar surface area (TPSA) is 56.7 Å². The number of benzene rings is 9. The molecule has 0 saturated heterocycles. The lowest BCUT2D eigenvalue weighted by Gasteiger charge is -2.24. The molecule has 322 valence electrons. The van der Waals surface area contributed by atoms with Gasteiger partial charge in [0.15, 0.2) is 17.5 Å². The Hall–Kier alpha value is -8.41. The first-order valence-corrected chi connectivity index (χ1v) is 23.5. The van der Waals surface area contributed by atoms with Crippen molar-refractivity contribution in [2.24, 2.45) is 0 Å². The molecule has 5 nitrogen and oxygen atoms in total. The highest BCUT2D eigenvalue weighted by molar-refractivity contribution is 6.14. The van der Waals surface area contributed by atoms with E-state index in [-0.39, 0.29) is 10.8 Å². The summed E-state index contributed by atoms with van der Waals surface area (Å²) in [4.78, 5) is 16.3. The van der Waals surface area contributed by atoms with E-state index >= 15 is 0 Å². The highest BCUT2D eigenvalue weighted by atomic mass is 16.3. The SMILES string of the molecule is CC1(C)c2ccccc2-c2ccc(-c3nc(-c4cccc5c4C(C)(C)c4ccccc4-5)nc(-c4cccc5oc6ccc(-c7ccc8c(c7)c7ccccc7n8-c7ccccc7)cc6c45)n3)cc21. The van der Waals surface area contributed by atoms with Crippen molar-refractivity contribution in [2.45, 2.75) is 38.5 Å². The number of para-hydroxylation sites is 2. The summed E-state index contributed by atoms with van der Waals surface area (Å²) in [5.41, 5.74) is 19.9. The summed E-state index contributed by atoms with van der Waals surface area (Å²) < 4.78 is 9.03. The van der Waals surface area contributed by atoms with Crippen LogP contribution in [0.25, 0.3) is 117 Å². The number of hydrogen-bond acceptors (Lipinski definition) is 4. The summed E-state index contributed by atoms with van der Waals surface area (Å²) in [5.74, 6) is 1.89. The largest absolute Gasteiger partial charge is 0.456 e. The van der Waals surface area contributed by atoms with Crippen molar-refractivity contribution in [2.75, 3.05) is 0 Å². The molecule has 0 fully saturated rings. The van der Waals surface area contributed by atoms with Gasteiger partial charge < -0.3 is 8.98 Å². The van der Waals surface area contributed by atoms with Gasteiger partial charge in [0.2, 0.25) is 0 Å². The van der Waals surface area contributed by atoms with Crippen LogP contribution in [-0.4, -0.2) is 19.5 Å². The van der Waals surface area contributed by atoms with Crippen molar-refractivity contribution in [1.29, 1.82) is 0 Å². The van der Waals surface area contributed by atoms with Gasteiger partial charge in [0.05, 0.1) is 11.0 Å². The number of aromatic nitrogens is 4. The van der Waals surface area contributed by atoms with Gasteiger partial charge in [-0.1, -0.05) is 167 Å². The molecule has 0 radical (unpaired) electrons. The summed E-state index contributed by atoms with van der Waals surface area (Å²) in [6, 6.07) is 69.8. The van der Waals surface area contributed by atoms with Gasteiger partial charge in [0, 0.05) is 54.8 Å². The zero-order chi connectivity index (χ0) is 45.5. The maximum Gasteiger partial charge on any atom is 0.164 e. The van der Waals surface area contributed by atoms with Crippen LogP contribution in [0.5, 0.6) is 0 Å². The maximum absolute atomic E-state index is 6.67. The first-order valence-electron chi connectivity index (χ1n) is 23.5. The first-order chi connectivity index (χ1) is 33.2. The molecule has 0 atom stereocenters. The second-order valence-electron chi connectivity index (χ2n) is 19.5. The zero-order valence-corrected chi connectivity index (χ0v) is 38.2. The molecule has 3 heterocycles. The van der Waals surface area contributed by atoms with Crippen LogP contribution in [0, 0.1) is 0 Å². The van der Waals surface area contributed by atoms with E-state index in [9.17, 15) is 0 Å². The predicted molar refractivity (Wildman–Crippen MR) is 278 cm³/mol. The van der Waals surface area contributed by atoms with Crippen molar-refractivity contribution in [3.05, 3.63) is 216 Å². The Labute approximate surface area is 394 Å². The molecule has 0 N–H and O–H groups in total. The Morgan fingerprint density at radius 2 is 0.941 bits per heavy atom. The molecule has 2 aliphatic carbocycles. The average molecular weight is 873 g/mol. The Balaban J connectivity index is 0.970. The molecule has 0 aliphatic heterocycles. The van der Waals surface area contributed by atoms with Crippen LogP contribution in [0.2, 0.25) is 0 Å². The Bertz CT molecular complexity index is 4100. The third-order valence-corrected chi connectivity index (χ3v) is 15.1. The monoisotopic (exact) mass is 872 g/mol. The van der Waals surface area contributed by atoms with E-state index in [2.05, 4.69) is 226 Å². The molecule has 3 aromatic heterocycles. The van der Waals surface area contributed by atoms with Gasteiger partial charge in [-0.2, -0.15) is 0 Å². The summed E-state index contributed by atoms with van der Waals surface area (Å²) in [7, 11) is 0. The van der Waals surface area contributed by atoms with Gasteiger partial charge in [-0.25, -0.2) is 15.0 Å². The van der Waals surface area contributed by atoms with Gasteiger partial charge >= 0.3 is 0 Å². The van der Waals surface area contributed by atoms with Gasteiger partial charge in [0.1, 0.15) is 11.2 Å². The van der Waals surface area contributed by atoms with Crippen LogP contribution in [0.4, 0.5) is 0 Å². The van der Waals surface area contributed by atoms with Crippen molar-refractivity contribution >= 4 is 43.7 Å². The van der Waals surface area contributed by atoms with E-state index in [1.165, 1.54) is 66.3 Å². The lowest BCUT2D eigenvalue weighted by atomic mass is 9.80.